The second-order valence-electron chi connectivity index (χ2n) is 4.23. The maximum absolute atomic E-state index is 5.51. The number of nitrogen functional groups attached to an aromatic ring is 1. The zero-order valence-corrected chi connectivity index (χ0v) is 10.7. The quantitative estimate of drug-likeness (QED) is 0.822. The zero-order valence-electron chi connectivity index (χ0n) is 9.91. The van der Waals surface area contributed by atoms with Crippen LogP contribution in [0.1, 0.15) is 5.82 Å². The number of nitrogens with one attached hydrogen (secondary N) is 1. The third kappa shape index (κ3) is 2.44. The first-order valence-corrected chi connectivity index (χ1v) is 6.73. The molecule has 1 saturated heterocycles. The van der Waals surface area contributed by atoms with Crippen LogP contribution in [0.5, 0.6) is 0 Å². The van der Waals surface area contributed by atoms with Crippen LogP contribution in [-0.2, 0) is 6.54 Å². The van der Waals surface area contributed by atoms with Crippen LogP contribution in [0.4, 0.5) is 11.1 Å². The van der Waals surface area contributed by atoms with Gasteiger partial charge in [0, 0.05) is 37.8 Å². The highest BCUT2D eigenvalue weighted by molar-refractivity contribution is 7.13. The Morgan fingerprint density at radius 3 is 2.72 bits per heavy atom. The minimum atomic E-state index is 0.381. The molecule has 1 fully saturated rings. The number of aromatic nitrogens is 4. The molecule has 0 unspecified atom stereocenters. The molecule has 0 atom stereocenters. The molecule has 0 spiro atoms. The van der Waals surface area contributed by atoms with Gasteiger partial charge < -0.3 is 15.6 Å². The van der Waals surface area contributed by atoms with Gasteiger partial charge in [-0.05, 0) is 0 Å². The standard InChI is InChI=1S/C10H15N7S/c11-9-13-8(14-15-9)7-16-2-4-17(5-3-16)10-12-1-6-18-10/h1,6H,2-5,7H2,(H3,11,13,14,15). The Kier molecular flexibility index (Phi) is 3.11. The summed E-state index contributed by atoms with van der Waals surface area (Å²) in [6.07, 6.45) is 1.85. The maximum atomic E-state index is 5.51. The van der Waals surface area contributed by atoms with Crippen LogP contribution in [0.25, 0.3) is 0 Å². The first-order chi connectivity index (χ1) is 8.81. The van der Waals surface area contributed by atoms with Crippen molar-refractivity contribution in [3.63, 3.8) is 0 Å². The van der Waals surface area contributed by atoms with Crippen molar-refractivity contribution >= 4 is 22.4 Å². The minimum absolute atomic E-state index is 0.381. The Morgan fingerprint density at radius 1 is 1.28 bits per heavy atom. The topological polar surface area (TPSA) is 87.0 Å². The summed E-state index contributed by atoms with van der Waals surface area (Å²) in [4.78, 5) is 11.9. The second kappa shape index (κ2) is 4.91. The fourth-order valence-corrected chi connectivity index (χ4v) is 2.76. The Bertz CT molecular complexity index is 486. The highest BCUT2D eigenvalue weighted by atomic mass is 32.1. The number of nitrogens with two attached hydrogens (primary N) is 1. The zero-order chi connectivity index (χ0) is 12.4. The molecule has 96 valence electrons. The van der Waals surface area contributed by atoms with Crippen molar-refractivity contribution in [3.8, 4) is 0 Å². The van der Waals surface area contributed by atoms with Crippen molar-refractivity contribution in [1.29, 1.82) is 0 Å². The lowest BCUT2D eigenvalue weighted by Crippen LogP contribution is -2.46. The molecule has 1 aliphatic rings. The molecule has 3 rings (SSSR count). The number of H-pyrrole nitrogens is 1. The van der Waals surface area contributed by atoms with E-state index in [1.54, 1.807) is 11.3 Å². The summed E-state index contributed by atoms with van der Waals surface area (Å²) < 4.78 is 0. The molecule has 0 saturated carbocycles. The van der Waals surface area contributed by atoms with E-state index in [1.165, 1.54) is 0 Å². The molecule has 0 radical (unpaired) electrons. The molecule has 8 heteroatoms. The van der Waals surface area contributed by atoms with Gasteiger partial charge in [0.15, 0.2) is 5.13 Å². The molecule has 18 heavy (non-hydrogen) atoms. The summed E-state index contributed by atoms with van der Waals surface area (Å²) >= 11 is 1.69. The minimum Gasteiger partial charge on any atom is -0.368 e. The molecular weight excluding hydrogens is 250 g/mol. The Labute approximate surface area is 109 Å². The van der Waals surface area contributed by atoms with Crippen molar-refractivity contribution in [3.05, 3.63) is 17.4 Å². The molecule has 2 aromatic rings. The predicted octanol–water partition coefficient (Wildman–Crippen LogP) is 0.166. The van der Waals surface area contributed by atoms with E-state index < -0.39 is 0 Å². The molecule has 7 nitrogen and oxygen atoms in total. The number of hydrogen-bond acceptors (Lipinski definition) is 7. The molecule has 0 aromatic carbocycles. The summed E-state index contributed by atoms with van der Waals surface area (Å²) in [7, 11) is 0. The SMILES string of the molecule is Nc1nnc(CN2CCN(c3nccs3)CC2)[nH]1. The Hall–Kier alpha value is -1.67. The number of nitrogens with zero attached hydrogens (tertiary/aromatic N) is 5. The van der Waals surface area contributed by atoms with Gasteiger partial charge in [-0.3, -0.25) is 4.90 Å². The molecule has 2 aromatic heterocycles. The van der Waals surface area contributed by atoms with E-state index in [9.17, 15) is 0 Å². The van der Waals surface area contributed by atoms with Crippen molar-refractivity contribution in [2.75, 3.05) is 36.8 Å². The van der Waals surface area contributed by atoms with E-state index in [-0.39, 0.29) is 0 Å². The van der Waals surface area contributed by atoms with Gasteiger partial charge in [-0.1, -0.05) is 0 Å². The van der Waals surface area contributed by atoms with Gasteiger partial charge in [-0.2, -0.15) is 0 Å². The Balaban J connectivity index is 1.54. The van der Waals surface area contributed by atoms with E-state index in [0.29, 0.717) is 5.95 Å². The number of rotatable bonds is 3. The van der Waals surface area contributed by atoms with Gasteiger partial charge in [-0.25, -0.2) is 4.98 Å². The fraction of sp³-hybridized carbons (Fsp3) is 0.500. The average Bonchev–Trinajstić information content (AvgIpc) is 3.02. The van der Waals surface area contributed by atoms with Crippen LogP contribution in [0.3, 0.4) is 0 Å². The van der Waals surface area contributed by atoms with Crippen LogP contribution in [0, 0.1) is 0 Å². The van der Waals surface area contributed by atoms with Gasteiger partial charge in [0.05, 0.1) is 6.54 Å². The number of hydrogen-bond donors (Lipinski definition) is 2. The third-order valence-electron chi connectivity index (χ3n) is 2.99. The van der Waals surface area contributed by atoms with Gasteiger partial charge in [-0.15, -0.1) is 21.5 Å². The molecule has 3 N–H and O–H groups in total. The normalized spacial score (nSPS) is 17.2. The molecule has 0 amide bonds. The summed E-state index contributed by atoms with van der Waals surface area (Å²) in [5.41, 5.74) is 5.51. The molecule has 0 aliphatic carbocycles. The number of aromatic amines is 1. The first-order valence-electron chi connectivity index (χ1n) is 5.85. The van der Waals surface area contributed by atoms with Gasteiger partial charge in [0.2, 0.25) is 5.95 Å². The van der Waals surface area contributed by atoms with E-state index in [4.69, 9.17) is 5.73 Å². The van der Waals surface area contributed by atoms with Crippen molar-refractivity contribution in [2.45, 2.75) is 6.54 Å². The van der Waals surface area contributed by atoms with Crippen molar-refractivity contribution < 1.29 is 0 Å². The van der Waals surface area contributed by atoms with Crippen LogP contribution < -0.4 is 10.6 Å². The summed E-state index contributed by atoms with van der Waals surface area (Å²) in [6, 6.07) is 0. The second-order valence-corrected chi connectivity index (χ2v) is 5.11. The lowest BCUT2D eigenvalue weighted by atomic mass is 10.3. The molecule has 1 aliphatic heterocycles. The van der Waals surface area contributed by atoms with Crippen molar-refractivity contribution in [2.24, 2.45) is 0 Å². The largest absolute Gasteiger partial charge is 0.368 e. The Morgan fingerprint density at radius 2 is 2.11 bits per heavy atom. The number of piperazine rings is 1. The average molecular weight is 265 g/mol. The smallest absolute Gasteiger partial charge is 0.219 e. The highest BCUT2D eigenvalue weighted by Crippen LogP contribution is 2.19. The summed E-state index contributed by atoms with van der Waals surface area (Å²) in [6.45, 7) is 4.77. The van der Waals surface area contributed by atoms with Gasteiger partial charge >= 0.3 is 0 Å². The number of thiazole rings is 1. The molecular formula is C10H15N7S. The van der Waals surface area contributed by atoms with E-state index in [0.717, 1.165) is 43.7 Å². The summed E-state index contributed by atoms with van der Waals surface area (Å²) in [5, 5.41) is 10.9. The van der Waals surface area contributed by atoms with E-state index >= 15 is 0 Å². The third-order valence-corrected chi connectivity index (χ3v) is 3.82. The van der Waals surface area contributed by atoms with Gasteiger partial charge in [0.25, 0.3) is 0 Å². The van der Waals surface area contributed by atoms with Gasteiger partial charge in [0.1, 0.15) is 5.82 Å². The van der Waals surface area contributed by atoms with Crippen molar-refractivity contribution in [1.82, 2.24) is 25.1 Å². The van der Waals surface area contributed by atoms with Crippen LogP contribution in [-0.4, -0.2) is 51.2 Å². The number of anilines is 2. The van der Waals surface area contributed by atoms with Crippen LogP contribution in [0.2, 0.25) is 0 Å². The van der Waals surface area contributed by atoms with E-state index in [2.05, 4.69) is 30.0 Å². The van der Waals surface area contributed by atoms with E-state index in [1.807, 2.05) is 11.6 Å². The van der Waals surface area contributed by atoms with Crippen LogP contribution in [0.15, 0.2) is 11.6 Å². The molecule has 0 bridgehead atoms. The monoisotopic (exact) mass is 265 g/mol. The first kappa shape index (κ1) is 11.4. The molecule has 3 heterocycles. The highest BCUT2D eigenvalue weighted by Gasteiger charge is 2.19. The predicted molar refractivity (Wildman–Crippen MR) is 70.4 cm³/mol. The van der Waals surface area contributed by atoms with Crippen LogP contribution >= 0.6 is 11.3 Å². The lowest BCUT2D eigenvalue weighted by molar-refractivity contribution is 0.244. The maximum Gasteiger partial charge on any atom is 0.219 e. The summed E-state index contributed by atoms with van der Waals surface area (Å²) in [5.74, 6) is 1.21. The lowest BCUT2D eigenvalue weighted by Gasteiger charge is -2.33. The fourth-order valence-electron chi connectivity index (χ4n) is 2.06.